The molecule has 0 bridgehead atoms. The smallest absolute Gasteiger partial charge is 0.271 e. The number of primary amides is 1. The molecular formula is C18H24N6O3S. The molecule has 0 spiro atoms. The SMILES string of the molecule is CCc1nc(C(N)=O)c(Nc2cccc(S(C)(=O)=O)c2)nc1N[C@H]1CCNC1. The lowest BCUT2D eigenvalue weighted by molar-refractivity contribution is 0.0996. The Kier molecular flexibility index (Phi) is 5.80. The number of aryl methyl sites for hydroxylation is 1. The van der Waals surface area contributed by atoms with E-state index in [2.05, 4.69) is 25.9 Å². The van der Waals surface area contributed by atoms with Gasteiger partial charge in [0, 0.05) is 24.5 Å². The summed E-state index contributed by atoms with van der Waals surface area (Å²) in [6.07, 6.45) is 2.68. The molecule has 1 aliphatic rings. The molecule has 1 fully saturated rings. The van der Waals surface area contributed by atoms with Gasteiger partial charge in [-0.2, -0.15) is 0 Å². The van der Waals surface area contributed by atoms with Gasteiger partial charge in [-0.25, -0.2) is 18.4 Å². The zero-order valence-electron chi connectivity index (χ0n) is 15.8. The molecule has 10 heteroatoms. The van der Waals surface area contributed by atoms with Crippen molar-refractivity contribution in [2.24, 2.45) is 5.73 Å². The quantitative estimate of drug-likeness (QED) is 0.537. The van der Waals surface area contributed by atoms with E-state index in [-0.39, 0.29) is 22.4 Å². The fourth-order valence-corrected chi connectivity index (χ4v) is 3.67. The molecular weight excluding hydrogens is 380 g/mol. The van der Waals surface area contributed by atoms with Gasteiger partial charge in [-0.1, -0.05) is 13.0 Å². The predicted octanol–water partition coefficient (Wildman–Crippen LogP) is 1.06. The summed E-state index contributed by atoms with van der Waals surface area (Å²) < 4.78 is 23.6. The second kappa shape index (κ2) is 8.11. The maximum absolute atomic E-state index is 11.9. The maximum Gasteiger partial charge on any atom is 0.271 e. The van der Waals surface area contributed by atoms with Gasteiger partial charge >= 0.3 is 0 Å². The van der Waals surface area contributed by atoms with Crippen LogP contribution in [0.15, 0.2) is 29.2 Å². The van der Waals surface area contributed by atoms with Gasteiger partial charge in [-0.15, -0.1) is 0 Å². The van der Waals surface area contributed by atoms with Crippen LogP contribution in [-0.2, 0) is 16.3 Å². The highest BCUT2D eigenvalue weighted by Crippen LogP contribution is 2.25. The number of sulfone groups is 1. The van der Waals surface area contributed by atoms with E-state index in [0.29, 0.717) is 23.6 Å². The number of anilines is 3. The Balaban J connectivity index is 1.99. The first-order valence-electron chi connectivity index (χ1n) is 9.03. The second-order valence-electron chi connectivity index (χ2n) is 6.69. The van der Waals surface area contributed by atoms with Crippen molar-refractivity contribution in [3.8, 4) is 0 Å². The summed E-state index contributed by atoms with van der Waals surface area (Å²) in [7, 11) is -3.37. The van der Waals surface area contributed by atoms with E-state index in [1.165, 1.54) is 12.1 Å². The molecule has 0 radical (unpaired) electrons. The lowest BCUT2D eigenvalue weighted by Crippen LogP contribution is -2.25. The Labute approximate surface area is 164 Å². The molecule has 3 rings (SSSR count). The minimum Gasteiger partial charge on any atom is -0.364 e. The molecule has 1 aliphatic heterocycles. The molecule has 1 atom stereocenters. The Morgan fingerprint density at radius 3 is 2.71 bits per heavy atom. The Hall–Kier alpha value is -2.72. The van der Waals surface area contributed by atoms with E-state index in [1.807, 2.05) is 6.92 Å². The molecule has 150 valence electrons. The Morgan fingerprint density at radius 2 is 2.11 bits per heavy atom. The van der Waals surface area contributed by atoms with Crippen LogP contribution in [0.5, 0.6) is 0 Å². The molecule has 1 aromatic carbocycles. The molecule has 0 unspecified atom stereocenters. The minimum absolute atomic E-state index is 0.0108. The molecule has 2 heterocycles. The van der Waals surface area contributed by atoms with Crippen LogP contribution >= 0.6 is 0 Å². The van der Waals surface area contributed by atoms with Crippen LogP contribution < -0.4 is 21.7 Å². The average molecular weight is 404 g/mol. The predicted molar refractivity (Wildman–Crippen MR) is 108 cm³/mol. The lowest BCUT2D eigenvalue weighted by atomic mass is 10.2. The summed E-state index contributed by atoms with van der Waals surface area (Å²) in [5.41, 5.74) is 6.63. The zero-order valence-corrected chi connectivity index (χ0v) is 16.6. The monoisotopic (exact) mass is 404 g/mol. The van der Waals surface area contributed by atoms with Crippen molar-refractivity contribution < 1.29 is 13.2 Å². The summed E-state index contributed by atoms with van der Waals surface area (Å²) in [5, 5.41) is 9.63. The van der Waals surface area contributed by atoms with Gasteiger partial charge in [0.25, 0.3) is 5.91 Å². The molecule has 1 aromatic heterocycles. The van der Waals surface area contributed by atoms with Crippen LogP contribution in [0.4, 0.5) is 17.3 Å². The topological polar surface area (TPSA) is 139 Å². The van der Waals surface area contributed by atoms with Crippen molar-refractivity contribution >= 4 is 33.1 Å². The molecule has 0 saturated carbocycles. The standard InChI is InChI=1S/C18H24N6O3S/c1-3-14-17(22-12-7-8-20-10-12)24-18(15(23-14)16(19)25)21-11-5-4-6-13(9-11)28(2,26)27/h4-6,9,12,20H,3,7-8,10H2,1-2H3,(H2,19,25)(H2,21,22,24)/t12-/m0/s1. The van der Waals surface area contributed by atoms with E-state index in [9.17, 15) is 13.2 Å². The van der Waals surface area contributed by atoms with Gasteiger partial charge in [0.05, 0.1) is 10.6 Å². The number of amides is 1. The first-order chi connectivity index (χ1) is 13.3. The van der Waals surface area contributed by atoms with Crippen LogP contribution in [0, 0.1) is 0 Å². The van der Waals surface area contributed by atoms with Crippen LogP contribution in [0.1, 0.15) is 29.5 Å². The molecule has 2 aromatic rings. The second-order valence-corrected chi connectivity index (χ2v) is 8.71. The van der Waals surface area contributed by atoms with Crippen molar-refractivity contribution in [2.75, 3.05) is 30.0 Å². The van der Waals surface area contributed by atoms with E-state index in [4.69, 9.17) is 5.73 Å². The summed E-state index contributed by atoms with van der Waals surface area (Å²) in [4.78, 5) is 21.0. The number of aromatic nitrogens is 2. The summed E-state index contributed by atoms with van der Waals surface area (Å²) in [6.45, 7) is 3.67. The number of benzene rings is 1. The van der Waals surface area contributed by atoms with Crippen LogP contribution in [-0.4, -0.2) is 49.7 Å². The number of carbonyl (C=O) groups excluding carboxylic acids is 1. The largest absolute Gasteiger partial charge is 0.364 e. The van der Waals surface area contributed by atoms with Gasteiger partial charge in [0.1, 0.15) is 0 Å². The van der Waals surface area contributed by atoms with Crippen molar-refractivity contribution in [3.63, 3.8) is 0 Å². The van der Waals surface area contributed by atoms with Gasteiger partial charge in [0.2, 0.25) is 0 Å². The van der Waals surface area contributed by atoms with Gasteiger partial charge in [0.15, 0.2) is 27.2 Å². The summed E-state index contributed by atoms with van der Waals surface area (Å²) >= 11 is 0. The fraction of sp³-hybridized carbons (Fsp3) is 0.389. The highest BCUT2D eigenvalue weighted by Gasteiger charge is 2.21. The summed E-state index contributed by atoms with van der Waals surface area (Å²) in [6, 6.07) is 6.49. The molecule has 1 saturated heterocycles. The van der Waals surface area contributed by atoms with Crippen molar-refractivity contribution in [3.05, 3.63) is 35.7 Å². The molecule has 28 heavy (non-hydrogen) atoms. The number of hydrogen-bond donors (Lipinski definition) is 4. The normalized spacial score (nSPS) is 16.7. The third kappa shape index (κ3) is 4.57. The first-order valence-corrected chi connectivity index (χ1v) is 10.9. The Bertz CT molecular complexity index is 987. The van der Waals surface area contributed by atoms with Crippen LogP contribution in [0.3, 0.4) is 0 Å². The van der Waals surface area contributed by atoms with Crippen molar-refractivity contribution in [1.29, 1.82) is 0 Å². The highest BCUT2D eigenvalue weighted by molar-refractivity contribution is 7.90. The van der Waals surface area contributed by atoms with Gasteiger partial charge in [-0.3, -0.25) is 4.79 Å². The maximum atomic E-state index is 11.9. The molecule has 0 aliphatic carbocycles. The molecule has 1 amide bonds. The highest BCUT2D eigenvalue weighted by atomic mass is 32.2. The number of nitrogens with two attached hydrogens (primary N) is 1. The van der Waals surface area contributed by atoms with E-state index in [0.717, 1.165) is 25.8 Å². The van der Waals surface area contributed by atoms with Crippen molar-refractivity contribution in [1.82, 2.24) is 15.3 Å². The molecule has 9 nitrogen and oxygen atoms in total. The zero-order chi connectivity index (χ0) is 20.3. The fourth-order valence-electron chi connectivity index (χ4n) is 3.00. The number of carbonyl (C=O) groups is 1. The lowest BCUT2D eigenvalue weighted by Gasteiger charge is -2.18. The number of nitrogens with one attached hydrogen (secondary N) is 3. The average Bonchev–Trinajstić information content (AvgIpc) is 3.14. The molecule has 5 N–H and O–H groups in total. The van der Waals surface area contributed by atoms with E-state index < -0.39 is 15.7 Å². The van der Waals surface area contributed by atoms with Gasteiger partial charge in [-0.05, 0) is 37.6 Å². The van der Waals surface area contributed by atoms with Crippen LogP contribution in [0.25, 0.3) is 0 Å². The van der Waals surface area contributed by atoms with Crippen molar-refractivity contribution in [2.45, 2.75) is 30.7 Å². The third-order valence-electron chi connectivity index (χ3n) is 4.46. The first kappa shape index (κ1) is 20.0. The number of hydrogen-bond acceptors (Lipinski definition) is 8. The number of rotatable bonds is 7. The Morgan fingerprint density at radius 1 is 1.32 bits per heavy atom. The number of nitrogens with zero attached hydrogens (tertiary/aromatic N) is 2. The van der Waals surface area contributed by atoms with Crippen LogP contribution in [0.2, 0.25) is 0 Å². The third-order valence-corrected chi connectivity index (χ3v) is 5.57. The van der Waals surface area contributed by atoms with Gasteiger partial charge < -0.3 is 21.7 Å². The van der Waals surface area contributed by atoms with E-state index >= 15 is 0 Å². The minimum atomic E-state index is -3.37. The summed E-state index contributed by atoms with van der Waals surface area (Å²) in [5.74, 6) is 0.0600. The van der Waals surface area contributed by atoms with E-state index in [1.54, 1.807) is 12.1 Å².